The van der Waals surface area contributed by atoms with E-state index < -0.39 is 29.3 Å². The van der Waals surface area contributed by atoms with Gasteiger partial charge in [-0.25, -0.2) is 4.79 Å². The second-order valence-corrected chi connectivity index (χ2v) is 12.0. The van der Waals surface area contributed by atoms with Crippen molar-refractivity contribution in [3.63, 3.8) is 0 Å². The molecule has 1 aromatic carbocycles. The number of hydrogen-bond acceptors (Lipinski definition) is 4. The van der Waals surface area contributed by atoms with Crippen LogP contribution in [0.1, 0.15) is 111 Å². The average Bonchev–Trinajstić information content (AvgIpc) is 2.78. The van der Waals surface area contributed by atoms with Crippen LogP contribution in [0.3, 0.4) is 0 Å². The second kappa shape index (κ2) is 13.8. The predicted octanol–water partition coefficient (Wildman–Crippen LogP) is 6.22. The first kappa shape index (κ1) is 32.5. The molecule has 2 atom stereocenters. The van der Waals surface area contributed by atoms with Crippen LogP contribution in [0.4, 0.5) is 4.79 Å². The van der Waals surface area contributed by atoms with E-state index in [1.807, 2.05) is 66.7 Å². The van der Waals surface area contributed by atoms with Gasteiger partial charge in [-0.3, -0.25) is 9.59 Å². The zero-order valence-electron chi connectivity index (χ0n) is 25.1. The van der Waals surface area contributed by atoms with Gasteiger partial charge in [-0.2, -0.15) is 0 Å². The summed E-state index contributed by atoms with van der Waals surface area (Å²) in [5.41, 5.74) is 1.38. The van der Waals surface area contributed by atoms with Crippen molar-refractivity contribution >= 4 is 17.9 Å². The first-order valence-electron chi connectivity index (χ1n) is 13.7. The lowest BCUT2D eigenvalue weighted by atomic mass is 9.88. The lowest BCUT2D eigenvalue weighted by Crippen LogP contribution is -2.60. The summed E-state index contributed by atoms with van der Waals surface area (Å²) < 4.78 is 5.46. The van der Waals surface area contributed by atoms with Gasteiger partial charge in [0.15, 0.2) is 0 Å². The fourth-order valence-electron chi connectivity index (χ4n) is 4.18. The molecule has 0 aliphatic carbocycles. The number of alkyl carbamates (subject to hydrolysis) is 1. The van der Waals surface area contributed by atoms with E-state index in [1.54, 1.807) is 25.7 Å². The van der Waals surface area contributed by atoms with Gasteiger partial charge in [-0.05, 0) is 78.4 Å². The molecule has 0 bridgehead atoms. The number of nitrogens with zero attached hydrogens (tertiary/aromatic N) is 1. The van der Waals surface area contributed by atoms with Gasteiger partial charge >= 0.3 is 6.09 Å². The molecule has 0 saturated carbocycles. The molecule has 0 radical (unpaired) electrons. The van der Waals surface area contributed by atoms with E-state index in [0.29, 0.717) is 13.0 Å². The van der Waals surface area contributed by atoms with Crippen LogP contribution in [0, 0.1) is 19.8 Å². The van der Waals surface area contributed by atoms with Gasteiger partial charge in [0.2, 0.25) is 11.8 Å². The van der Waals surface area contributed by atoms with E-state index in [9.17, 15) is 14.4 Å². The Kier molecular flexibility index (Phi) is 12.1. The van der Waals surface area contributed by atoms with E-state index >= 15 is 0 Å². The molecular weight excluding hydrogens is 466 g/mol. The third kappa shape index (κ3) is 9.67. The minimum Gasteiger partial charge on any atom is -0.444 e. The van der Waals surface area contributed by atoms with E-state index in [2.05, 4.69) is 17.6 Å². The summed E-state index contributed by atoms with van der Waals surface area (Å²) in [6.45, 7) is 21.7. The molecule has 2 unspecified atom stereocenters. The molecule has 3 amide bonds. The van der Waals surface area contributed by atoms with Crippen molar-refractivity contribution in [2.24, 2.45) is 5.92 Å². The Hall–Kier alpha value is -2.57. The predicted molar refractivity (Wildman–Crippen MR) is 150 cm³/mol. The molecule has 37 heavy (non-hydrogen) atoms. The summed E-state index contributed by atoms with van der Waals surface area (Å²) in [5.74, 6) is -0.733. The highest BCUT2D eigenvalue weighted by Gasteiger charge is 2.44. The van der Waals surface area contributed by atoms with Crippen LogP contribution in [-0.2, 0) is 14.3 Å². The molecule has 0 fully saturated rings. The number of nitrogens with one attached hydrogen (secondary N) is 2. The van der Waals surface area contributed by atoms with Crippen molar-refractivity contribution in [2.45, 2.75) is 125 Å². The lowest BCUT2D eigenvalue weighted by molar-refractivity contribution is -0.150. The fraction of sp³-hybridized carbons (Fsp3) is 0.700. The van der Waals surface area contributed by atoms with Crippen LogP contribution in [0.15, 0.2) is 18.2 Å². The van der Waals surface area contributed by atoms with Crippen molar-refractivity contribution < 1.29 is 19.1 Å². The monoisotopic (exact) mass is 517 g/mol. The summed E-state index contributed by atoms with van der Waals surface area (Å²) in [6, 6.07) is 4.28. The van der Waals surface area contributed by atoms with Crippen LogP contribution in [0.25, 0.3) is 0 Å². The number of ether oxygens (including phenoxy) is 1. The van der Waals surface area contributed by atoms with Crippen LogP contribution >= 0.6 is 0 Å². The first-order chi connectivity index (χ1) is 17.1. The summed E-state index contributed by atoms with van der Waals surface area (Å²) >= 11 is 0. The standard InChI is InChI=1S/C30H51N3O4/c1-12-14-15-18-31-26(34)25(23-19-21(5)16-17-22(23)6)33(30(10,11)13-2)27(35)24(20(3)4)32-28(36)37-29(7,8)9/h16-17,19-20,24-25H,12-15,18H2,1-11H3,(H,31,34)(H,32,36). The molecule has 7 nitrogen and oxygen atoms in total. The summed E-state index contributed by atoms with van der Waals surface area (Å²) in [7, 11) is 0. The number of hydrogen-bond donors (Lipinski definition) is 2. The fourth-order valence-corrected chi connectivity index (χ4v) is 4.18. The van der Waals surface area contributed by atoms with Crippen molar-refractivity contribution in [1.29, 1.82) is 0 Å². The maximum atomic E-state index is 14.4. The Morgan fingerprint density at radius 1 is 1.00 bits per heavy atom. The summed E-state index contributed by atoms with van der Waals surface area (Å²) in [5, 5.41) is 5.89. The van der Waals surface area contributed by atoms with Gasteiger partial charge < -0.3 is 20.3 Å². The zero-order chi connectivity index (χ0) is 28.6. The molecule has 0 spiro atoms. The van der Waals surface area contributed by atoms with Crippen molar-refractivity contribution in [3.05, 3.63) is 34.9 Å². The number of carbonyl (C=O) groups excluding carboxylic acids is 3. The van der Waals surface area contributed by atoms with Crippen molar-refractivity contribution in [1.82, 2.24) is 15.5 Å². The van der Waals surface area contributed by atoms with Crippen LogP contribution < -0.4 is 10.6 Å². The maximum Gasteiger partial charge on any atom is 0.408 e. The first-order valence-corrected chi connectivity index (χ1v) is 13.7. The number of amides is 3. The lowest BCUT2D eigenvalue weighted by Gasteiger charge is -2.45. The Balaban J connectivity index is 3.63. The van der Waals surface area contributed by atoms with Gasteiger partial charge in [0.05, 0.1) is 0 Å². The molecule has 0 heterocycles. The van der Waals surface area contributed by atoms with Gasteiger partial charge in [-0.15, -0.1) is 0 Å². The Bertz CT molecular complexity index is 918. The smallest absolute Gasteiger partial charge is 0.408 e. The Labute approximate surface area is 225 Å². The molecule has 7 heteroatoms. The number of carbonyl (C=O) groups is 3. The van der Waals surface area contributed by atoms with Crippen LogP contribution in [0.5, 0.6) is 0 Å². The highest BCUT2D eigenvalue weighted by Crippen LogP contribution is 2.34. The van der Waals surface area contributed by atoms with Crippen LogP contribution in [-0.4, -0.2) is 46.5 Å². The third-order valence-electron chi connectivity index (χ3n) is 6.68. The minimum absolute atomic E-state index is 0.209. The molecular formula is C30H51N3O4. The van der Waals surface area contributed by atoms with E-state index in [-0.39, 0.29) is 17.7 Å². The van der Waals surface area contributed by atoms with E-state index in [0.717, 1.165) is 36.0 Å². The molecule has 2 N–H and O–H groups in total. The van der Waals surface area contributed by atoms with Gasteiger partial charge in [0, 0.05) is 12.1 Å². The van der Waals surface area contributed by atoms with Gasteiger partial charge in [0.1, 0.15) is 17.7 Å². The molecule has 0 aromatic heterocycles. The summed E-state index contributed by atoms with van der Waals surface area (Å²) in [4.78, 5) is 42.6. The van der Waals surface area contributed by atoms with Crippen molar-refractivity contribution in [2.75, 3.05) is 6.54 Å². The van der Waals surface area contributed by atoms with E-state index in [4.69, 9.17) is 4.74 Å². The largest absolute Gasteiger partial charge is 0.444 e. The van der Waals surface area contributed by atoms with Gasteiger partial charge in [0.25, 0.3) is 0 Å². The quantitative estimate of drug-likeness (QED) is 0.322. The van der Waals surface area contributed by atoms with Crippen LogP contribution in [0.2, 0.25) is 0 Å². The van der Waals surface area contributed by atoms with Gasteiger partial charge in [-0.1, -0.05) is 64.3 Å². The second-order valence-electron chi connectivity index (χ2n) is 12.0. The summed E-state index contributed by atoms with van der Waals surface area (Å²) in [6.07, 6.45) is 2.92. The number of aryl methyl sites for hydroxylation is 2. The number of unbranched alkanes of at least 4 members (excludes halogenated alkanes) is 2. The molecule has 0 aliphatic heterocycles. The highest BCUT2D eigenvalue weighted by molar-refractivity contribution is 5.93. The minimum atomic E-state index is -0.860. The molecule has 210 valence electrons. The molecule has 1 aromatic rings. The topological polar surface area (TPSA) is 87.7 Å². The average molecular weight is 518 g/mol. The normalized spacial score (nSPS) is 13.6. The number of rotatable bonds is 12. The maximum absolute atomic E-state index is 14.4. The molecule has 1 rings (SSSR count). The molecule has 0 saturated heterocycles. The van der Waals surface area contributed by atoms with Crippen molar-refractivity contribution in [3.8, 4) is 0 Å². The highest BCUT2D eigenvalue weighted by atomic mass is 16.6. The Morgan fingerprint density at radius 3 is 2.14 bits per heavy atom. The van der Waals surface area contributed by atoms with E-state index in [1.165, 1.54) is 0 Å². The Morgan fingerprint density at radius 2 is 1.62 bits per heavy atom. The third-order valence-corrected chi connectivity index (χ3v) is 6.68. The SMILES string of the molecule is CCCCCNC(=O)C(c1cc(C)ccc1C)N(C(=O)C(NC(=O)OC(C)(C)C)C(C)C)C(C)(C)CC. The number of benzene rings is 1. The zero-order valence-corrected chi connectivity index (χ0v) is 25.1. The molecule has 0 aliphatic rings.